The highest BCUT2D eigenvalue weighted by atomic mass is 127. The van der Waals surface area contributed by atoms with Crippen molar-refractivity contribution >= 4 is 38.5 Å². The standard InChI is InChI=1S/C15H12BrI/c1-15(2)13-7-9(16)3-5-11(13)12-6-4-10(17)8-14(12)15/h3-8H,1-2H3. The van der Waals surface area contributed by atoms with Crippen molar-refractivity contribution in [3.8, 4) is 11.1 Å². The minimum absolute atomic E-state index is 0.107. The van der Waals surface area contributed by atoms with Crippen molar-refractivity contribution in [1.82, 2.24) is 0 Å². The van der Waals surface area contributed by atoms with Gasteiger partial charge in [0.2, 0.25) is 0 Å². The van der Waals surface area contributed by atoms with Crippen LogP contribution in [0.5, 0.6) is 0 Å². The van der Waals surface area contributed by atoms with Crippen LogP contribution in [-0.2, 0) is 5.41 Å². The maximum Gasteiger partial charge on any atom is 0.0178 e. The second-order valence-corrected chi connectivity index (χ2v) is 7.17. The normalized spacial score (nSPS) is 15.5. The van der Waals surface area contributed by atoms with Gasteiger partial charge in [-0.2, -0.15) is 0 Å². The van der Waals surface area contributed by atoms with Crippen LogP contribution >= 0.6 is 38.5 Å². The first-order chi connectivity index (χ1) is 8.00. The average molecular weight is 399 g/mol. The van der Waals surface area contributed by atoms with E-state index in [1.165, 1.54) is 25.8 Å². The van der Waals surface area contributed by atoms with E-state index in [1.807, 2.05) is 0 Å². The van der Waals surface area contributed by atoms with Crippen molar-refractivity contribution in [2.24, 2.45) is 0 Å². The van der Waals surface area contributed by atoms with Gasteiger partial charge in [-0.15, -0.1) is 0 Å². The summed E-state index contributed by atoms with van der Waals surface area (Å²) in [7, 11) is 0. The smallest absolute Gasteiger partial charge is 0.0178 e. The topological polar surface area (TPSA) is 0 Å². The lowest BCUT2D eigenvalue weighted by atomic mass is 9.82. The molecule has 0 aliphatic heterocycles. The van der Waals surface area contributed by atoms with Gasteiger partial charge in [0.25, 0.3) is 0 Å². The summed E-state index contributed by atoms with van der Waals surface area (Å²) in [6, 6.07) is 13.3. The Morgan fingerprint density at radius 2 is 1.53 bits per heavy atom. The van der Waals surface area contributed by atoms with Gasteiger partial charge < -0.3 is 0 Å². The van der Waals surface area contributed by atoms with Crippen LogP contribution in [0.2, 0.25) is 0 Å². The van der Waals surface area contributed by atoms with Gasteiger partial charge in [-0.1, -0.05) is 41.9 Å². The number of rotatable bonds is 0. The Labute approximate surface area is 124 Å². The van der Waals surface area contributed by atoms with Crippen LogP contribution < -0.4 is 0 Å². The van der Waals surface area contributed by atoms with E-state index in [1.54, 1.807) is 0 Å². The van der Waals surface area contributed by atoms with Crippen molar-refractivity contribution in [3.63, 3.8) is 0 Å². The number of hydrogen-bond acceptors (Lipinski definition) is 0. The van der Waals surface area contributed by atoms with Crippen molar-refractivity contribution in [3.05, 3.63) is 55.6 Å². The van der Waals surface area contributed by atoms with Crippen LogP contribution in [0.3, 0.4) is 0 Å². The summed E-state index contributed by atoms with van der Waals surface area (Å²) in [6.45, 7) is 4.61. The first kappa shape index (κ1) is 11.7. The first-order valence-corrected chi connectivity index (χ1v) is 7.48. The van der Waals surface area contributed by atoms with Crippen molar-refractivity contribution in [1.29, 1.82) is 0 Å². The summed E-state index contributed by atoms with van der Waals surface area (Å²) in [5.41, 5.74) is 5.74. The largest absolute Gasteiger partial charge is 0.0530 e. The fourth-order valence-corrected chi connectivity index (χ4v) is 3.53. The summed E-state index contributed by atoms with van der Waals surface area (Å²) in [5.74, 6) is 0. The van der Waals surface area contributed by atoms with Gasteiger partial charge in [-0.3, -0.25) is 0 Å². The number of fused-ring (bicyclic) bond motifs is 3. The lowest BCUT2D eigenvalue weighted by Crippen LogP contribution is -2.15. The molecule has 0 spiro atoms. The fraction of sp³-hybridized carbons (Fsp3) is 0.200. The molecular formula is C15H12BrI. The Morgan fingerprint density at radius 1 is 0.941 bits per heavy atom. The first-order valence-electron chi connectivity index (χ1n) is 5.60. The summed E-state index contributed by atoms with van der Waals surface area (Å²) in [4.78, 5) is 0. The quantitative estimate of drug-likeness (QED) is 0.524. The molecule has 2 aromatic rings. The van der Waals surface area contributed by atoms with E-state index in [4.69, 9.17) is 0 Å². The molecule has 0 bridgehead atoms. The van der Waals surface area contributed by atoms with Crippen LogP contribution in [-0.4, -0.2) is 0 Å². The molecule has 2 heteroatoms. The van der Waals surface area contributed by atoms with Crippen LogP contribution in [0.25, 0.3) is 11.1 Å². The second-order valence-electron chi connectivity index (χ2n) is 5.00. The summed E-state index contributed by atoms with van der Waals surface area (Å²) < 4.78 is 2.47. The molecule has 0 radical (unpaired) electrons. The van der Waals surface area contributed by atoms with E-state index in [0.29, 0.717) is 0 Å². The Kier molecular flexibility index (Phi) is 2.63. The van der Waals surface area contributed by atoms with Crippen LogP contribution in [0.1, 0.15) is 25.0 Å². The van der Waals surface area contributed by atoms with E-state index in [2.05, 4.69) is 88.8 Å². The predicted octanol–water partition coefficient (Wildman–Crippen LogP) is 5.36. The van der Waals surface area contributed by atoms with Crippen molar-refractivity contribution in [2.75, 3.05) is 0 Å². The maximum absolute atomic E-state index is 3.57. The third kappa shape index (κ3) is 1.68. The minimum atomic E-state index is 0.107. The SMILES string of the molecule is CC1(C)c2cc(Br)ccc2-c2ccc(I)cc21. The Balaban J connectivity index is 2.37. The summed E-state index contributed by atoms with van der Waals surface area (Å²) in [5, 5.41) is 0. The average Bonchev–Trinajstić information content (AvgIpc) is 2.49. The van der Waals surface area contributed by atoms with E-state index in [-0.39, 0.29) is 5.41 Å². The van der Waals surface area contributed by atoms with Crippen molar-refractivity contribution < 1.29 is 0 Å². The fourth-order valence-electron chi connectivity index (χ4n) is 2.68. The van der Waals surface area contributed by atoms with Crippen LogP contribution in [0.15, 0.2) is 40.9 Å². The molecule has 0 saturated heterocycles. The summed E-state index contributed by atoms with van der Waals surface area (Å²) >= 11 is 5.96. The van der Waals surface area contributed by atoms with Gasteiger partial charge in [0, 0.05) is 13.5 Å². The van der Waals surface area contributed by atoms with Gasteiger partial charge in [0.05, 0.1) is 0 Å². The van der Waals surface area contributed by atoms with E-state index < -0.39 is 0 Å². The highest BCUT2D eigenvalue weighted by molar-refractivity contribution is 14.1. The molecule has 0 atom stereocenters. The summed E-state index contributed by atoms with van der Waals surface area (Å²) in [6.07, 6.45) is 0. The van der Waals surface area contributed by atoms with E-state index in [0.717, 1.165) is 4.47 Å². The second kappa shape index (κ2) is 3.82. The highest BCUT2D eigenvalue weighted by Gasteiger charge is 2.35. The van der Waals surface area contributed by atoms with Gasteiger partial charge >= 0.3 is 0 Å². The molecule has 0 aromatic heterocycles. The van der Waals surface area contributed by atoms with Crippen molar-refractivity contribution in [2.45, 2.75) is 19.3 Å². The molecule has 17 heavy (non-hydrogen) atoms. The van der Waals surface area contributed by atoms with Gasteiger partial charge in [0.1, 0.15) is 0 Å². The molecule has 3 rings (SSSR count). The zero-order valence-corrected chi connectivity index (χ0v) is 13.5. The number of halogens is 2. The molecule has 86 valence electrons. The number of benzene rings is 2. The minimum Gasteiger partial charge on any atom is -0.0530 e. The highest BCUT2D eigenvalue weighted by Crippen LogP contribution is 2.49. The zero-order chi connectivity index (χ0) is 12.2. The molecule has 2 aromatic carbocycles. The molecule has 0 N–H and O–H groups in total. The molecule has 0 unspecified atom stereocenters. The van der Waals surface area contributed by atoms with Gasteiger partial charge in [-0.05, 0) is 69.1 Å². The third-order valence-electron chi connectivity index (χ3n) is 3.60. The van der Waals surface area contributed by atoms with Gasteiger partial charge in [0.15, 0.2) is 0 Å². The van der Waals surface area contributed by atoms with Crippen LogP contribution in [0.4, 0.5) is 0 Å². The molecule has 0 nitrogen and oxygen atoms in total. The number of hydrogen-bond donors (Lipinski definition) is 0. The van der Waals surface area contributed by atoms with E-state index >= 15 is 0 Å². The van der Waals surface area contributed by atoms with Gasteiger partial charge in [-0.25, -0.2) is 0 Å². The molecule has 1 aliphatic carbocycles. The molecule has 0 heterocycles. The molecule has 0 amide bonds. The zero-order valence-electron chi connectivity index (χ0n) is 9.72. The maximum atomic E-state index is 3.57. The molecule has 0 fully saturated rings. The Bertz CT molecular complexity index is 561. The molecular weight excluding hydrogens is 387 g/mol. The Morgan fingerprint density at radius 3 is 2.24 bits per heavy atom. The predicted molar refractivity (Wildman–Crippen MR) is 84.4 cm³/mol. The lowest BCUT2D eigenvalue weighted by molar-refractivity contribution is 0.659. The third-order valence-corrected chi connectivity index (χ3v) is 4.76. The van der Waals surface area contributed by atoms with E-state index in [9.17, 15) is 0 Å². The lowest BCUT2D eigenvalue weighted by Gasteiger charge is -2.21. The Hall–Kier alpha value is -0.350. The van der Waals surface area contributed by atoms with Crippen LogP contribution in [0, 0.1) is 3.57 Å². The monoisotopic (exact) mass is 398 g/mol. The molecule has 0 saturated carbocycles. The molecule has 1 aliphatic rings.